The smallest absolute Gasteiger partial charge is 0.120 e. The van der Waals surface area contributed by atoms with Gasteiger partial charge in [-0.3, -0.25) is 0 Å². The number of hydrogen-bond donors (Lipinski definition) is 1. The highest BCUT2D eigenvalue weighted by Gasteiger charge is 2.38. The molecule has 2 nitrogen and oxygen atoms in total. The normalized spacial score (nSPS) is 25.1. The number of ether oxygens (including phenoxy) is 1. The molecule has 0 saturated heterocycles. The van der Waals surface area contributed by atoms with Crippen molar-refractivity contribution in [3.63, 3.8) is 0 Å². The molecular weight excluding hydrogens is 302 g/mol. The predicted molar refractivity (Wildman–Crippen MR) is 97.6 cm³/mol. The minimum Gasteiger partial charge on any atom is -0.491 e. The van der Waals surface area contributed by atoms with Crippen molar-refractivity contribution in [1.82, 2.24) is 0 Å². The van der Waals surface area contributed by atoms with Gasteiger partial charge < -0.3 is 10.1 Å². The third-order valence-corrected chi connectivity index (χ3v) is 5.86. The quantitative estimate of drug-likeness (QED) is 0.734. The molecule has 3 atom stereocenters. The molecule has 2 heterocycles. The first-order valence-corrected chi connectivity index (χ1v) is 9.23. The molecule has 0 amide bonds. The highest BCUT2D eigenvalue weighted by Crippen LogP contribution is 2.51. The van der Waals surface area contributed by atoms with Crippen molar-refractivity contribution in [2.45, 2.75) is 45.3 Å². The van der Waals surface area contributed by atoms with Gasteiger partial charge in [0, 0.05) is 21.4 Å². The van der Waals surface area contributed by atoms with Crippen LogP contribution < -0.4 is 10.1 Å². The van der Waals surface area contributed by atoms with Crippen LogP contribution in [0, 0.1) is 12.8 Å². The summed E-state index contributed by atoms with van der Waals surface area (Å²) in [5.74, 6) is 2.08. The number of anilines is 1. The molecular formula is C20H23NOS. The molecule has 120 valence electrons. The van der Waals surface area contributed by atoms with Gasteiger partial charge in [0.1, 0.15) is 5.75 Å². The van der Waals surface area contributed by atoms with E-state index in [9.17, 15) is 0 Å². The Kier molecular flexibility index (Phi) is 3.68. The third kappa shape index (κ3) is 2.67. The van der Waals surface area contributed by atoms with E-state index < -0.39 is 0 Å². The lowest BCUT2D eigenvalue weighted by molar-refractivity contribution is 0.242. The maximum atomic E-state index is 5.89. The number of allylic oxidation sites excluding steroid dienone is 2. The summed E-state index contributed by atoms with van der Waals surface area (Å²) in [4.78, 5) is 2.84. The lowest BCUT2D eigenvalue weighted by Crippen LogP contribution is -2.28. The number of rotatable bonds is 3. The number of nitrogens with one attached hydrogen (secondary N) is 1. The zero-order valence-corrected chi connectivity index (χ0v) is 14.7. The fourth-order valence-electron chi connectivity index (χ4n) is 3.82. The zero-order chi connectivity index (χ0) is 16.0. The van der Waals surface area contributed by atoms with E-state index >= 15 is 0 Å². The molecule has 1 N–H and O–H groups in total. The second-order valence-corrected chi connectivity index (χ2v) is 8.16. The summed E-state index contributed by atoms with van der Waals surface area (Å²) in [7, 11) is 0. The van der Waals surface area contributed by atoms with Crippen LogP contribution in [0.4, 0.5) is 5.69 Å². The third-order valence-electron chi connectivity index (χ3n) is 4.77. The largest absolute Gasteiger partial charge is 0.491 e. The van der Waals surface area contributed by atoms with Crippen LogP contribution in [0.2, 0.25) is 0 Å². The Morgan fingerprint density at radius 3 is 2.83 bits per heavy atom. The van der Waals surface area contributed by atoms with E-state index in [-0.39, 0.29) is 6.10 Å². The first-order valence-electron chi connectivity index (χ1n) is 8.42. The van der Waals surface area contributed by atoms with E-state index in [1.54, 1.807) is 0 Å². The number of hydrogen-bond acceptors (Lipinski definition) is 3. The van der Waals surface area contributed by atoms with Crippen molar-refractivity contribution in [2.24, 2.45) is 5.92 Å². The SMILES string of the molecule is Cc1ccc(C2Nc3ccc(OC(C)C)cc3C3C=CCC32)s1. The molecule has 3 heteroatoms. The summed E-state index contributed by atoms with van der Waals surface area (Å²) in [6, 6.07) is 11.4. The van der Waals surface area contributed by atoms with E-state index in [2.05, 4.69) is 68.6 Å². The van der Waals surface area contributed by atoms with Crippen molar-refractivity contribution in [3.05, 3.63) is 57.8 Å². The molecule has 1 aromatic heterocycles. The van der Waals surface area contributed by atoms with Crippen molar-refractivity contribution in [1.29, 1.82) is 0 Å². The molecule has 1 aromatic carbocycles. The van der Waals surface area contributed by atoms with Crippen molar-refractivity contribution in [3.8, 4) is 5.75 Å². The van der Waals surface area contributed by atoms with Gasteiger partial charge in [0.25, 0.3) is 0 Å². The molecule has 1 aliphatic carbocycles. The average molecular weight is 325 g/mol. The zero-order valence-electron chi connectivity index (χ0n) is 13.9. The van der Waals surface area contributed by atoms with Gasteiger partial charge in [0.15, 0.2) is 0 Å². The summed E-state index contributed by atoms with van der Waals surface area (Å²) in [6.07, 6.45) is 6.09. The highest BCUT2D eigenvalue weighted by atomic mass is 32.1. The van der Waals surface area contributed by atoms with Crippen LogP contribution in [0.3, 0.4) is 0 Å². The van der Waals surface area contributed by atoms with Crippen LogP contribution in [-0.2, 0) is 0 Å². The average Bonchev–Trinajstić information content (AvgIpc) is 3.15. The van der Waals surface area contributed by atoms with Gasteiger partial charge in [0.05, 0.1) is 12.1 Å². The lowest BCUT2D eigenvalue weighted by atomic mass is 9.79. The Morgan fingerprint density at radius 1 is 1.22 bits per heavy atom. The molecule has 1 aliphatic heterocycles. The number of thiophene rings is 1. The van der Waals surface area contributed by atoms with Crippen LogP contribution in [0.15, 0.2) is 42.5 Å². The van der Waals surface area contributed by atoms with Gasteiger partial charge in [-0.05, 0) is 69.0 Å². The van der Waals surface area contributed by atoms with Crippen LogP contribution in [0.1, 0.15) is 47.5 Å². The molecule has 2 aliphatic rings. The summed E-state index contributed by atoms with van der Waals surface area (Å²) in [6.45, 7) is 6.33. The van der Waals surface area contributed by atoms with Gasteiger partial charge in [-0.25, -0.2) is 0 Å². The van der Waals surface area contributed by atoms with E-state index in [1.807, 2.05) is 11.3 Å². The maximum absolute atomic E-state index is 5.89. The standard InChI is InChI=1S/C20H23NOS/c1-12(2)22-14-8-9-18-17(11-14)15-5-4-6-16(15)20(21-18)19-10-7-13(3)23-19/h4-5,7-12,15-16,20-21H,6H2,1-3H3. The summed E-state index contributed by atoms with van der Waals surface area (Å²) in [5.41, 5.74) is 2.64. The molecule has 2 aromatic rings. The molecule has 0 fully saturated rings. The minimum absolute atomic E-state index is 0.210. The Morgan fingerprint density at radius 2 is 2.09 bits per heavy atom. The minimum atomic E-state index is 0.210. The van der Waals surface area contributed by atoms with Gasteiger partial charge in [-0.1, -0.05) is 12.2 Å². The fraction of sp³-hybridized carbons (Fsp3) is 0.400. The van der Waals surface area contributed by atoms with Crippen molar-refractivity contribution >= 4 is 17.0 Å². The second kappa shape index (κ2) is 5.72. The van der Waals surface area contributed by atoms with Gasteiger partial charge in [-0.2, -0.15) is 0 Å². The van der Waals surface area contributed by atoms with Crippen LogP contribution >= 0.6 is 11.3 Å². The second-order valence-electron chi connectivity index (χ2n) is 6.84. The Balaban J connectivity index is 1.71. The van der Waals surface area contributed by atoms with Gasteiger partial charge in [0.2, 0.25) is 0 Å². The summed E-state index contributed by atoms with van der Waals surface area (Å²) in [5, 5.41) is 3.79. The van der Waals surface area contributed by atoms with Crippen molar-refractivity contribution < 1.29 is 4.74 Å². The van der Waals surface area contributed by atoms with Crippen LogP contribution in [0.5, 0.6) is 5.75 Å². The van der Waals surface area contributed by atoms with Crippen LogP contribution in [-0.4, -0.2) is 6.10 Å². The Hall–Kier alpha value is -1.74. The fourth-order valence-corrected chi connectivity index (χ4v) is 4.82. The van der Waals surface area contributed by atoms with Gasteiger partial charge in [-0.15, -0.1) is 11.3 Å². The molecule has 0 bridgehead atoms. The van der Waals surface area contributed by atoms with Crippen LogP contribution in [0.25, 0.3) is 0 Å². The molecule has 4 rings (SSSR count). The van der Waals surface area contributed by atoms with E-state index in [0.717, 1.165) is 12.2 Å². The van der Waals surface area contributed by atoms with E-state index in [0.29, 0.717) is 17.9 Å². The highest BCUT2D eigenvalue weighted by molar-refractivity contribution is 7.12. The molecule has 23 heavy (non-hydrogen) atoms. The lowest BCUT2D eigenvalue weighted by Gasteiger charge is -2.37. The molecule has 0 radical (unpaired) electrons. The number of benzene rings is 1. The molecule has 0 saturated carbocycles. The first kappa shape index (κ1) is 14.8. The van der Waals surface area contributed by atoms with E-state index in [4.69, 9.17) is 4.74 Å². The Bertz CT molecular complexity index is 746. The van der Waals surface area contributed by atoms with Gasteiger partial charge >= 0.3 is 0 Å². The number of aryl methyl sites for hydroxylation is 1. The molecule has 0 spiro atoms. The maximum Gasteiger partial charge on any atom is 0.120 e. The topological polar surface area (TPSA) is 21.3 Å². The number of fused-ring (bicyclic) bond motifs is 3. The summed E-state index contributed by atoms with van der Waals surface area (Å²) < 4.78 is 5.89. The van der Waals surface area contributed by atoms with Crippen molar-refractivity contribution in [2.75, 3.05) is 5.32 Å². The predicted octanol–water partition coefficient (Wildman–Crippen LogP) is 5.67. The molecule has 3 unspecified atom stereocenters. The first-order chi connectivity index (χ1) is 11.1. The van der Waals surface area contributed by atoms with E-state index in [1.165, 1.54) is 21.0 Å². The monoisotopic (exact) mass is 325 g/mol. The Labute approximate surface area is 142 Å². The summed E-state index contributed by atoms with van der Waals surface area (Å²) >= 11 is 1.91.